The highest BCUT2D eigenvalue weighted by molar-refractivity contribution is 6.35. The summed E-state index contributed by atoms with van der Waals surface area (Å²) >= 11 is 0. The van der Waals surface area contributed by atoms with Crippen LogP contribution in [-0.4, -0.2) is 22.6 Å². The summed E-state index contributed by atoms with van der Waals surface area (Å²) in [5.74, 6) is -1.42. The van der Waals surface area contributed by atoms with Crippen molar-refractivity contribution in [1.29, 1.82) is 0 Å². The third-order valence-corrected chi connectivity index (χ3v) is 5.08. The van der Waals surface area contributed by atoms with Gasteiger partial charge in [0.25, 0.3) is 23.4 Å². The zero-order chi connectivity index (χ0) is 22.3. The Morgan fingerprint density at radius 3 is 2.23 bits per heavy atom. The number of hydrogen-bond acceptors (Lipinski definition) is 5. The zero-order valence-corrected chi connectivity index (χ0v) is 16.7. The Balaban J connectivity index is 1.60. The van der Waals surface area contributed by atoms with Gasteiger partial charge in [0.15, 0.2) is 0 Å². The molecule has 154 valence electrons. The Morgan fingerprint density at radius 1 is 0.903 bits per heavy atom. The van der Waals surface area contributed by atoms with Crippen molar-refractivity contribution in [3.8, 4) is 0 Å². The van der Waals surface area contributed by atoms with Gasteiger partial charge in [-0.1, -0.05) is 17.7 Å². The van der Waals surface area contributed by atoms with Crippen molar-refractivity contribution < 1.29 is 19.3 Å². The average molecular weight is 415 g/mol. The number of amides is 3. The van der Waals surface area contributed by atoms with Crippen molar-refractivity contribution in [2.45, 2.75) is 13.8 Å². The minimum Gasteiger partial charge on any atom is -0.322 e. The molecular weight excluding hydrogens is 398 g/mol. The number of carbonyl (C=O) groups is 3. The topological polar surface area (TPSA) is 110 Å². The van der Waals surface area contributed by atoms with E-state index in [1.165, 1.54) is 42.5 Å². The summed E-state index contributed by atoms with van der Waals surface area (Å²) in [5.41, 5.74) is 3.18. The lowest BCUT2D eigenvalue weighted by molar-refractivity contribution is -0.384. The number of nitro benzene ring substituents is 1. The molecule has 0 atom stereocenters. The predicted octanol–water partition coefficient (Wildman–Crippen LogP) is 4.26. The van der Waals surface area contributed by atoms with E-state index < -0.39 is 22.6 Å². The molecule has 1 N–H and O–H groups in total. The van der Waals surface area contributed by atoms with Crippen LogP contribution in [-0.2, 0) is 0 Å². The number of hydrogen-bond donors (Lipinski definition) is 1. The van der Waals surface area contributed by atoms with Gasteiger partial charge in [0, 0.05) is 23.4 Å². The smallest absolute Gasteiger partial charge is 0.269 e. The van der Waals surface area contributed by atoms with E-state index in [1.54, 1.807) is 6.07 Å². The maximum atomic E-state index is 13.0. The van der Waals surface area contributed by atoms with Crippen molar-refractivity contribution in [3.05, 3.63) is 98.6 Å². The molecule has 1 heterocycles. The molecule has 0 bridgehead atoms. The number of nitro groups is 1. The number of fused-ring (bicyclic) bond motifs is 1. The Labute approximate surface area is 177 Å². The van der Waals surface area contributed by atoms with Crippen LogP contribution in [0.2, 0.25) is 0 Å². The highest BCUT2D eigenvalue weighted by Crippen LogP contribution is 2.31. The monoisotopic (exact) mass is 415 g/mol. The summed E-state index contributed by atoms with van der Waals surface area (Å²) in [4.78, 5) is 49.8. The molecule has 3 aromatic carbocycles. The van der Waals surface area contributed by atoms with Gasteiger partial charge in [-0.2, -0.15) is 0 Å². The number of nitrogens with zero attached hydrogens (tertiary/aromatic N) is 2. The van der Waals surface area contributed by atoms with E-state index in [1.807, 2.05) is 26.0 Å². The number of carbonyl (C=O) groups excluding carboxylic acids is 3. The average Bonchev–Trinajstić information content (AvgIpc) is 2.98. The van der Waals surface area contributed by atoms with E-state index in [4.69, 9.17) is 0 Å². The first-order chi connectivity index (χ1) is 14.8. The van der Waals surface area contributed by atoms with Crippen molar-refractivity contribution >= 4 is 34.8 Å². The third kappa shape index (κ3) is 3.55. The first-order valence-corrected chi connectivity index (χ1v) is 9.42. The van der Waals surface area contributed by atoms with Gasteiger partial charge in [-0.25, -0.2) is 4.90 Å². The molecule has 0 unspecified atom stereocenters. The number of rotatable bonds is 4. The van der Waals surface area contributed by atoms with Crippen molar-refractivity contribution in [1.82, 2.24) is 0 Å². The third-order valence-electron chi connectivity index (χ3n) is 5.08. The van der Waals surface area contributed by atoms with Gasteiger partial charge in [-0.15, -0.1) is 0 Å². The number of anilines is 2. The van der Waals surface area contributed by atoms with Gasteiger partial charge in [0.2, 0.25) is 0 Å². The SMILES string of the molecule is Cc1ccc(N2C(=O)c3ccc(C(=O)Nc4ccc([N+](=O)[O-])cc4)cc3C2=O)c(C)c1. The number of imide groups is 1. The van der Waals surface area contributed by atoms with Crippen molar-refractivity contribution in [3.63, 3.8) is 0 Å². The Bertz CT molecular complexity index is 1260. The molecule has 0 radical (unpaired) electrons. The van der Waals surface area contributed by atoms with E-state index >= 15 is 0 Å². The lowest BCUT2D eigenvalue weighted by Gasteiger charge is -2.16. The van der Waals surface area contributed by atoms with Crippen LogP contribution >= 0.6 is 0 Å². The molecule has 1 aliphatic heterocycles. The van der Waals surface area contributed by atoms with Crippen LogP contribution in [0.15, 0.2) is 60.7 Å². The normalized spacial score (nSPS) is 12.6. The molecule has 4 rings (SSSR count). The summed E-state index contributed by atoms with van der Waals surface area (Å²) in [6.45, 7) is 3.75. The van der Waals surface area contributed by atoms with Crippen molar-refractivity contribution in [2.75, 3.05) is 10.2 Å². The summed E-state index contributed by atoms with van der Waals surface area (Å²) in [7, 11) is 0. The highest BCUT2D eigenvalue weighted by atomic mass is 16.6. The Kier molecular flexibility index (Phi) is 4.82. The van der Waals surface area contributed by atoms with Crippen LogP contribution in [0.4, 0.5) is 17.1 Å². The standard InChI is InChI=1S/C23H17N3O5/c1-13-3-10-20(14(2)11-13)25-22(28)18-9-4-15(12-19(18)23(25)29)21(27)24-16-5-7-17(8-6-16)26(30)31/h3-12H,1-2H3,(H,24,27). The molecule has 8 heteroatoms. The van der Waals surface area contributed by atoms with Gasteiger partial charge < -0.3 is 5.32 Å². The number of benzene rings is 3. The summed E-state index contributed by atoms with van der Waals surface area (Å²) in [5, 5.41) is 13.4. The fourth-order valence-corrected chi connectivity index (χ4v) is 3.53. The second kappa shape index (κ2) is 7.49. The molecule has 3 amide bonds. The van der Waals surface area contributed by atoms with Crippen LogP contribution in [0.5, 0.6) is 0 Å². The number of nitrogens with one attached hydrogen (secondary N) is 1. The van der Waals surface area contributed by atoms with Gasteiger partial charge in [-0.05, 0) is 55.8 Å². The van der Waals surface area contributed by atoms with Crippen LogP contribution in [0.1, 0.15) is 42.2 Å². The lowest BCUT2D eigenvalue weighted by Crippen LogP contribution is -2.30. The molecule has 0 saturated heterocycles. The number of aryl methyl sites for hydroxylation is 2. The van der Waals surface area contributed by atoms with Gasteiger partial charge >= 0.3 is 0 Å². The molecule has 0 aliphatic carbocycles. The molecule has 0 aromatic heterocycles. The van der Waals surface area contributed by atoms with Crippen LogP contribution in [0.25, 0.3) is 0 Å². The summed E-state index contributed by atoms with van der Waals surface area (Å²) in [6, 6.07) is 15.2. The van der Waals surface area contributed by atoms with Crippen LogP contribution < -0.4 is 10.2 Å². The molecule has 0 fully saturated rings. The van der Waals surface area contributed by atoms with Gasteiger partial charge in [0.05, 0.1) is 21.7 Å². The molecule has 1 aliphatic rings. The zero-order valence-electron chi connectivity index (χ0n) is 16.7. The fraction of sp³-hybridized carbons (Fsp3) is 0.0870. The molecule has 0 spiro atoms. The van der Waals surface area contributed by atoms with E-state index in [2.05, 4.69) is 5.32 Å². The van der Waals surface area contributed by atoms with Gasteiger partial charge in [0.1, 0.15) is 0 Å². The van der Waals surface area contributed by atoms with E-state index in [0.717, 1.165) is 16.0 Å². The predicted molar refractivity (Wildman–Crippen MR) is 115 cm³/mol. The molecule has 31 heavy (non-hydrogen) atoms. The molecule has 0 saturated carbocycles. The first-order valence-electron chi connectivity index (χ1n) is 9.42. The second-order valence-corrected chi connectivity index (χ2v) is 7.25. The van der Waals surface area contributed by atoms with Gasteiger partial charge in [-0.3, -0.25) is 24.5 Å². The Morgan fingerprint density at radius 2 is 1.58 bits per heavy atom. The Hall–Kier alpha value is -4.33. The first kappa shape index (κ1) is 20.0. The lowest BCUT2D eigenvalue weighted by atomic mass is 10.1. The molecular formula is C23H17N3O5. The number of non-ortho nitro benzene ring substituents is 1. The van der Waals surface area contributed by atoms with Crippen LogP contribution in [0, 0.1) is 24.0 Å². The minimum atomic E-state index is -0.532. The van der Waals surface area contributed by atoms with Crippen LogP contribution in [0.3, 0.4) is 0 Å². The summed E-state index contributed by atoms with van der Waals surface area (Å²) < 4.78 is 0. The molecule has 3 aromatic rings. The maximum absolute atomic E-state index is 13.0. The summed E-state index contributed by atoms with van der Waals surface area (Å²) in [6.07, 6.45) is 0. The minimum absolute atomic E-state index is 0.0915. The van der Waals surface area contributed by atoms with E-state index in [0.29, 0.717) is 11.4 Å². The van der Waals surface area contributed by atoms with E-state index in [-0.39, 0.29) is 22.4 Å². The molecule has 8 nitrogen and oxygen atoms in total. The fourth-order valence-electron chi connectivity index (χ4n) is 3.53. The quantitative estimate of drug-likeness (QED) is 0.389. The van der Waals surface area contributed by atoms with Crippen molar-refractivity contribution in [2.24, 2.45) is 0 Å². The highest BCUT2D eigenvalue weighted by Gasteiger charge is 2.37. The van der Waals surface area contributed by atoms with E-state index in [9.17, 15) is 24.5 Å². The maximum Gasteiger partial charge on any atom is 0.269 e. The second-order valence-electron chi connectivity index (χ2n) is 7.25. The largest absolute Gasteiger partial charge is 0.322 e.